The topological polar surface area (TPSA) is 63.7 Å². The van der Waals surface area contributed by atoms with Crippen LogP contribution in [0.1, 0.15) is 15.9 Å². The van der Waals surface area contributed by atoms with E-state index in [0.29, 0.717) is 23.6 Å². The molecular formula is C30H31N3O3. The van der Waals surface area contributed by atoms with Crippen molar-refractivity contribution in [3.8, 4) is 33.9 Å². The summed E-state index contributed by atoms with van der Waals surface area (Å²) in [4.78, 5) is 19.7. The van der Waals surface area contributed by atoms with Crippen LogP contribution in [0.15, 0.2) is 85.1 Å². The second-order valence-electron chi connectivity index (χ2n) is 8.74. The van der Waals surface area contributed by atoms with Crippen LogP contribution in [0.5, 0.6) is 11.5 Å². The second kappa shape index (κ2) is 11.5. The second-order valence-corrected chi connectivity index (χ2v) is 8.74. The molecular weight excluding hydrogens is 450 g/mol. The molecule has 0 saturated heterocycles. The number of carbonyl (C=O) groups excluding carboxylic acids is 1. The van der Waals surface area contributed by atoms with Crippen LogP contribution >= 0.6 is 0 Å². The third-order valence-corrected chi connectivity index (χ3v) is 5.94. The molecule has 0 saturated carbocycles. The van der Waals surface area contributed by atoms with Crippen LogP contribution in [-0.4, -0.2) is 50.1 Å². The first kappa shape index (κ1) is 24.9. The smallest absolute Gasteiger partial charge is 0.259 e. The zero-order valence-electron chi connectivity index (χ0n) is 21.1. The molecule has 4 aromatic rings. The molecule has 4 rings (SSSR count). The van der Waals surface area contributed by atoms with E-state index in [1.54, 1.807) is 13.3 Å². The number of hydrogen-bond donors (Lipinski definition) is 1. The summed E-state index contributed by atoms with van der Waals surface area (Å²) in [6.07, 6.45) is 1.79. The molecule has 1 aromatic heterocycles. The standard InChI is InChI=1S/C30H31N3O3/c1-21-26(22-8-10-23(11-9-22)28-7-5-6-18-31-28)16-17-27(29(21)36-20-19-33(2)3)30(34)32-24-12-14-25(35-4)15-13-24/h5-18H,19-20H2,1-4H3,(H,32,34). The molecule has 6 heteroatoms. The van der Waals surface area contributed by atoms with Crippen LogP contribution < -0.4 is 14.8 Å². The molecule has 0 aliphatic rings. The molecule has 0 atom stereocenters. The van der Waals surface area contributed by atoms with Gasteiger partial charge in [-0.25, -0.2) is 0 Å². The van der Waals surface area contributed by atoms with Gasteiger partial charge in [-0.15, -0.1) is 0 Å². The fourth-order valence-corrected chi connectivity index (χ4v) is 3.93. The van der Waals surface area contributed by atoms with E-state index < -0.39 is 0 Å². The lowest BCUT2D eigenvalue weighted by molar-refractivity contribution is 0.102. The monoisotopic (exact) mass is 481 g/mol. The van der Waals surface area contributed by atoms with Gasteiger partial charge in [-0.3, -0.25) is 9.78 Å². The van der Waals surface area contributed by atoms with Crippen molar-refractivity contribution in [3.63, 3.8) is 0 Å². The van der Waals surface area contributed by atoms with Crippen molar-refractivity contribution in [2.45, 2.75) is 6.92 Å². The Morgan fingerprint density at radius 1 is 0.917 bits per heavy atom. The third-order valence-electron chi connectivity index (χ3n) is 5.94. The van der Waals surface area contributed by atoms with E-state index >= 15 is 0 Å². The minimum absolute atomic E-state index is 0.222. The van der Waals surface area contributed by atoms with Crippen molar-refractivity contribution < 1.29 is 14.3 Å². The summed E-state index contributed by atoms with van der Waals surface area (Å²) in [5, 5.41) is 2.97. The number of amides is 1. The highest BCUT2D eigenvalue weighted by Crippen LogP contribution is 2.34. The zero-order valence-corrected chi connectivity index (χ0v) is 21.1. The van der Waals surface area contributed by atoms with Gasteiger partial charge in [-0.1, -0.05) is 36.4 Å². The summed E-state index contributed by atoms with van der Waals surface area (Å²) in [5.74, 6) is 1.10. The summed E-state index contributed by atoms with van der Waals surface area (Å²) < 4.78 is 11.4. The predicted octanol–water partition coefficient (Wildman–Crippen LogP) is 5.93. The van der Waals surface area contributed by atoms with Crippen molar-refractivity contribution in [1.29, 1.82) is 0 Å². The molecule has 184 valence electrons. The highest BCUT2D eigenvalue weighted by atomic mass is 16.5. The maximum Gasteiger partial charge on any atom is 0.259 e. The van der Waals surface area contributed by atoms with E-state index in [2.05, 4.69) is 34.6 Å². The maximum absolute atomic E-state index is 13.2. The molecule has 0 aliphatic heterocycles. The normalized spacial score (nSPS) is 10.8. The minimum Gasteiger partial charge on any atom is -0.497 e. The van der Waals surface area contributed by atoms with Gasteiger partial charge in [0.2, 0.25) is 0 Å². The number of likely N-dealkylation sites (N-methyl/N-ethyl adjacent to an activating group) is 1. The number of ether oxygens (including phenoxy) is 2. The lowest BCUT2D eigenvalue weighted by Crippen LogP contribution is -2.21. The molecule has 0 fully saturated rings. The quantitative estimate of drug-likeness (QED) is 0.321. The number of nitrogens with one attached hydrogen (secondary N) is 1. The Labute approximate surface area is 212 Å². The van der Waals surface area contributed by atoms with Crippen LogP contribution in [0, 0.1) is 6.92 Å². The average molecular weight is 482 g/mol. The number of methoxy groups -OCH3 is 1. The molecule has 0 aliphatic carbocycles. The largest absolute Gasteiger partial charge is 0.497 e. The molecule has 0 unspecified atom stereocenters. The fourth-order valence-electron chi connectivity index (χ4n) is 3.93. The van der Waals surface area contributed by atoms with Crippen molar-refractivity contribution in [1.82, 2.24) is 9.88 Å². The summed E-state index contributed by atoms with van der Waals surface area (Å²) >= 11 is 0. The van der Waals surface area contributed by atoms with Gasteiger partial charge in [-0.2, -0.15) is 0 Å². The van der Waals surface area contributed by atoms with Crippen LogP contribution in [0.3, 0.4) is 0 Å². The number of hydrogen-bond acceptors (Lipinski definition) is 5. The van der Waals surface area contributed by atoms with Gasteiger partial charge < -0.3 is 19.7 Å². The van der Waals surface area contributed by atoms with Gasteiger partial charge in [0.1, 0.15) is 18.1 Å². The lowest BCUT2D eigenvalue weighted by atomic mass is 9.95. The van der Waals surface area contributed by atoms with E-state index in [1.807, 2.05) is 80.5 Å². The summed E-state index contributed by atoms with van der Waals surface area (Å²) in [6.45, 7) is 3.21. The first-order chi connectivity index (χ1) is 17.5. The number of benzene rings is 3. The molecule has 1 heterocycles. The predicted molar refractivity (Wildman–Crippen MR) is 145 cm³/mol. The molecule has 1 amide bonds. The van der Waals surface area contributed by atoms with Crippen molar-refractivity contribution in [3.05, 3.63) is 96.2 Å². The van der Waals surface area contributed by atoms with Gasteiger partial charge in [0.05, 0.1) is 18.4 Å². The van der Waals surface area contributed by atoms with Crippen molar-refractivity contribution in [2.24, 2.45) is 0 Å². The molecule has 0 spiro atoms. The average Bonchev–Trinajstić information content (AvgIpc) is 2.90. The maximum atomic E-state index is 13.2. The Morgan fingerprint density at radius 3 is 2.28 bits per heavy atom. The Bertz CT molecular complexity index is 1300. The molecule has 36 heavy (non-hydrogen) atoms. The Balaban J connectivity index is 1.64. The number of anilines is 1. The van der Waals surface area contributed by atoms with Crippen LogP contribution in [-0.2, 0) is 0 Å². The zero-order chi connectivity index (χ0) is 25.5. The molecule has 3 aromatic carbocycles. The summed E-state index contributed by atoms with van der Waals surface area (Å²) in [5.41, 5.74) is 6.15. The van der Waals surface area contributed by atoms with Gasteiger partial charge in [0.25, 0.3) is 5.91 Å². The Kier molecular flexibility index (Phi) is 7.98. The number of rotatable bonds is 9. The van der Waals surface area contributed by atoms with E-state index in [0.717, 1.165) is 40.2 Å². The molecule has 0 radical (unpaired) electrons. The Hall–Kier alpha value is -4.16. The molecule has 6 nitrogen and oxygen atoms in total. The number of carbonyl (C=O) groups is 1. The van der Waals surface area contributed by atoms with Crippen LogP contribution in [0.4, 0.5) is 5.69 Å². The molecule has 1 N–H and O–H groups in total. The summed E-state index contributed by atoms with van der Waals surface area (Å²) in [6, 6.07) is 25.2. The van der Waals surface area contributed by atoms with Gasteiger partial charge in [-0.05, 0) is 80.2 Å². The van der Waals surface area contributed by atoms with E-state index in [-0.39, 0.29) is 5.91 Å². The van der Waals surface area contributed by atoms with Gasteiger partial charge in [0.15, 0.2) is 0 Å². The first-order valence-corrected chi connectivity index (χ1v) is 11.8. The van der Waals surface area contributed by atoms with Crippen molar-refractivity contribution in [2.75, 3.05) is 39.7 Å². The van der Waals surface area contributed by atoms with Crippen LogP contribution in [0.25, 0.3) is 22.4 Å². The van der Waals surface area contributed by atoms with Gasteiger partial charge in [0, 0.05) is 24.0 Å². The number of pyridine rings is 1. The third kappa shape index (κ3) is 5.90. The van der Waals surface area contributed by atoms with Gasteiger partial charge >= 0.3 is 0 Å². The van der Waals surface area contributed by atoms with Crippen molar-refractivity contribution >= 4 is 11.6 Å². The van der Waals surface area contributed by atoms with Crippen LogP contribution in [0.2, 0.25) is 0 Å². The first-order valence-electron chi connectivity index (χ1n) is 11.8. The number of nitrogens with zero attached hydrogens (tertiary/aromatic N) is 2. The minimum atomic E-state index is -0.222. The highest BCUT2D eigenvalue weighted by Gasteiger charge is 2.19. The number of aromatic nitrogens is 1. The summed E-state index contributed by atoms with van der Waals surface area (Å²) in [7, 11) is 5.60. The lowest BCUT2D eigenvalue weighted by Gasteiger charge is -2.19. The van der Waals surface area contributed by atoms with E-state index in [4.69, 9.17) is 9.47 Å². The van der Waals surface area contributed by atoms with E-state index in [1.165, 1.54) is 0 Å². The van der Waals surface area contributed by atoms with E-state index in [9.17, 15) is 4.79 Å². The fraction of sp³-hybridized carbons (Fsp3) is 0.200. The Morgan fingerprint density at radius 2 is 1.64 bits per heavy atom. The SMILES string of the molecule is COc1ccc(NC(=O)c2ccc(-c3ccc(-c4ccccn4)cc3)c(C)c2OCCN(C)C)cc1. The highest BCUT2D eigenvalue weighted by molar-refractivity contribution is 6.07. The molecule has 0 bridgehead atoms.